The third-order valence-corrected chi connectivity index (χ3v) is 10.0. The first-order chi connectivity index (χ1) is 13.4. The standard InChI is InChI=1S/C24H36O5/c1-21(2)28-19-16-10-17(26)13(12-25)11-22(16,3)14-6-8-23(4)15(7-9-24(23,5)27)18(14)20(19)29-21/h12,14-16,18-20,25,27H,6-11H2,1-5H3/b13-12+/t14-,15-,16+,18+,19+,20+,22+,23-,24-/m0/s1. The summed E-state index contributed by atoms with van der Waals surface area (Å²) >= 11 is 0. The number of hydrogen-bond donors (Lipinski definition) is 2. The van der Waals surface area contributed by atoms with Gasteiger partial charge in [-0.15, -0.1) is 0 Å². The summed E-state index contributed by atoms with van der Waals surface area (Å²) in [6, 6.07) is 0. The van der Waals surface area contributed by atoms with Crippen LogP contribution in [0.5, 0.6) is 0 Å². The summed E-state index contributed by atoms with van der Waals surface area (Å²) in [5.74, 6) is 0.599. The molecule has 1 aliphatic heterocycles. The Morgan fingerprint density at radius 2 is 1.62 bits per heavy atom. The fourth-order valence-electron chi connectivity index (χ4n) is 8.31. The van der Waals surface area contributed by atoms with E-state index in [9.17, 15) is 15.0 Å². The highest BCUT2D eigenvalue weighted by molar-refractivity contribution is 5.96. The largest absolute Gasteiger partial charge is 0.515 e. The van der Waals surface area contributed by atoms with E-state index in [1.807, 2.05) is 20.8 Å². The lowest BCUT2D eigenvalue weighted by atomic mass is 9.43. The maximum atomic E-state index is 12.7. The zero-order chi connectivity index (χ0) is 21.0. The monoisotopic (exact) mass is 404 g/mol. The molecule has 5 nitrogen and oxygen atoms in total. The van der Waals surface area contributed by atoms with Gasteiger partial charge in [-0.2, -0.15) is 0 Å². The third kappa shape index (κ3) is 2.47. The maximum Gasteiger partial charge on any atom is 0.163 e. The number of aliphatic hydroxyl groups is 2. The normalized spacial score (nSPS) is 57.2. The summed E-state index contributed by atoms with van der Waals surface area (Å²) in [4.78, 5) is 12.7. The quantitative estimate of drug-likeness (QED) is 0.469. The average Bonchev–Trinajstić information content (AvgIpc) is 3.08. The van der Waals surface area contributed by atoms with E-state index in [0.29, 0.717) is 36.2 Å². The number of hydrogen-bond acceptors (Lipinski definition) is 5. The van der Waals surface area contributed by atoms with Gasteiger partial charge in [0.05, 0.1) is 24.1 Å². The molecule has 5 fully saturated rings. The molecule has 4 aliphatic carbocycles. The van der Waals surface area contributed by atoms with Crippen LogP contribution in [0.2, 0.25) is 0 Å². The minimum absolute atomic E-state index is 0.0287. The first-order valence-electron chi connectivity index (χ1n) is 11.4. The van der Waals surface area contributed by atoms with Crippen LogP contribution in [0, 0.1) is 34.5 Å². The lowest BCUT2D eigenvalue weighted by molar-refractivity contribution is -0.191. The molecular weight excluding hydrogens is 368 g/mol. The predicted molar refractivity (Wildman–Crippen MR) is 108 cm³/mol. The molecule has 0 aromatic heterocycles. The molecule has 4 saturated carbocycles. The van der Waals surface area contributed by atoms with Gasteiger partial charge in [0.25, 0.3) is 0 Å². The molecular formula is C24H36O5. The summed E-state index contributed by atoms with van der Waals surface area (Å²) < 4.78 is 13.0. The number of carbonyl (C=O) groups is 1. The van der Waals surface area contributed by atoms with Crippen LogP contribution in [0.1, 0.15) is 73.1 Å². The number of ether oxygens (including phenoxy) is 2. The van der Waals surface area contributed by atoms with Crippen LogP contribution in [0.4, 0.5) is 0 Å². The topological polar surface area (TPSA) is 76.0 Å². The van der Waals surface area contributed by atoms with Gasteiger partial charge in [0, 0.05) is 17.9 Å². The Kier molecular flexibility index (Phi) is 4.05. The van der Waals surface area contributed by atoms with Gasteiger partial charge >= 0.3 is 0 Å². The van der Waals surface area contributed by atoms with Crippen molar-refractivity contribution in [2.75, 3.05) is 0 Å². The highest BCUT2D eigenvalue weighted by Gasteiger charge is 2.70. The van der Waals surface area contributed by atoms with Crippen molar-refractivity contribution < 1.29 is 24.5 Å². The molecule has 0 aromatic carbocycles. The van der Waals surface area contributed by atoms with Gasteiger partial charge in [0.2, 0.25) is 0 Å². The smallest absolute Gasteiger partial charge is 0.163 e. The van der Waals surface area contributed by atoms with E-state index in [4.69, 9.17) is 9.47 Å². The molecule has 1 heterocycles. The zero-order valence-corrected chi connectivity index (χ0v) is 18.4. The zero-order valence-electron chi connectivity index (χ0n) is 18.4. The molecule has 0 spiro atoms. The second-order valence-electron chi connectivity index (χ2n) is 11.7. The van der Waals surface area contributed by atoms with Crippen molar-refractivity contribution in [1.82, 2.24) is 0 Å². The summed E-state index contributed by atoms with van der Waals surface area (Å²) in [6.07, 6.45) is 5.82. The number of aliphatic hydroxyl groups excluding tert-OH is 1. The predicted octanol–water partition coefficient (Wildman–Crippen LogP) is 4.14. The van der Waals surface area contributed by atoms with E-state index < -0.39 is 11.4 Å². The van der Waals surface area contributed by atoms with Crippen LogP contribution in [0.25, 0.3) is 0 Å². The Morgan fingerprint density at radius 3 is 2.31 bits per heavy atom. The van der Waals surface area contributed by atoms with Gasteiger partial charge in [-0.05, 0) is 81.5 Å². The Balaban J connectivity index is 1.62. The van der Waals surface area contributed by atoms with E-state index in [1.165, 1.54) is 0 Å². The van der Waals surface area contributed by atoms with Crippen molar-refractivity contribution in [3.05, 3.63) is 11.8 Å². The van der Waals surface area contributed by atoms with E-state index in [2.05, 4.69) is 13.8 Å². The van der Waals surface area contributed by atoms with Gasteiger partial charge in [0.1, 0.15) is 0 Å². The lowest BCUT2D eigenvalue weighted by Crippen LogP contribution is -2.64. The molecule has 2 N–H and O–H groups in total. The van der Waals surface area contributed by atoms with Crippen LogP contribution in [-0.2, 0) is 14.3 Å². The fourth-order valence-corrected chi connectivity index (χ4v) is 8.31. The molecule has 0 radical (unpaired) electrons. The Bertz CT molecular complexity index is 769. The molecule has 9 atom stereocenters. The number of carbonyl (C=O) groups excluding carboxylic acids is 1. The van der Waals surface area contributed by atoms with Gasteiger partial charge in [-0.3, -0.25) is 4.79 Å². The van der Waals surface area contributed by atoms with E-state index in [1.54, 1.807) is 0 Å². The SMILES string of the molecule is CC1(C)O[C@H]2[C@H](O1)[C@H]1CC(=O)/C(=C/O)C[C@]1(C)[C@H]1CC[C@@]3(C)[C@@H](CC[C@]3(C)O)[C@H]21. The minimum Gasteiger partial charge on any atom is -0.515 e. The summed E-state index contributed by atoms with van der Waals surface area (Å²) in [5.41, 5.74) is -0.305. The number of fused-ring (bicyclic) bond motifs is 8. The Hall–Kier alpha value is -0.910. The van der Waals surface area contributed by atoms with Crippen molar-refractivity contribution in [2.45, 2.75) is 96.7 Å². The van der Waals surface area contributed by atoms with Crippen LogP contribution in [0.15, 0.2) is 11.8 Å². The van der Waals surface area contributed by atoms with Crippen molar-refractivity contribution in [3.8, 4) is 0 Å². The molecule has 0 aromatic rings. The molecule has 5 rings (SSSR count). The molecule has 5 aliphatic rings. The first-order valence-corrected chi connectivity index (χ1v) is 11.4. The molecule has 29 heavy (non-hydrogen) atoms. The molecule has 0 unspecified atom stereocenters. The Morgan fingerprint density at radius 1 is 0.966 bits per heavy atom. The molecule has 0 amide bonds. The first kappa shape index (κ1) is 20.0. The maximum absolute atomic E-state index is 12.7. The van der Waals surface area contributed by atoms with Crippen molar-refractivity contribution >= 4 is 5.78 Å². The van der Waals surface area contributed by atoms with Crippen LogP contribution in [0.3, 0.4) is 0 Å². The van der Waals surface area contributed by atoms with Gasteiger partial charge in [-0.25, -0.2) is 0 Å². The van der Waals surface area contributed by atoms with Gasteiger partial charge in [0.15, 0.2) is 11.6 Å². The van der Waals surface area contributed by atoms with E-state index >= 15 is 0 Å². The minimum atomic E-state index is -0.657. The fraction of sp³-hybridized carbons (Fsp3) is 0.875. The number of Topliss-reactive ketones (excluding diaryl/α,β-unsaturated/α-hetero) is 1. The number of allylic oxidation sites excluding steroid dienone is 1. The summed E-state index contributed by atoms with van der Waals surface area (Å²) in [7, 11) is 0. The van der Waals surface area contributed by atoms with Gasteiger partial charge < -0.3 is 19.7 Å². The second-order valence-corrected chi connectivity index (χ2v) is 11.7. The lowest BCUT2D eigenvalue weighted by Gasteiger charge is -2.63. The van der Waals surface area contributed by atoms with E-state index in [-0.39, 0.29) is 34.7 Å². The highest BCUT2D eigenvalue weighted by Crippen LogP contribution is 2.70. The van der Waals surface area contributed by atoms with Gasteiger partial charge in [-0.1, -0.05) is 13.8 Å². The summed E-state index contributed by atoms with van der Waals surface area (Å²) in [6.45, 7) is 10.6. The molecule has 5 heteroatoms. The molecule has 0 bridgehead atoms. The number of ketones is 1. The van der Waals surface area contributed by atoms with E-state index in [0.717, 1.165) is 31.9 Å². The van der Waals surface area contributed by atoms with Crippen molar-refractivity contribution in [1.29, 1.82) is 0 Å². The van der Waals surface area contributed by atoms with Crippen molar-refractivity contribution in [3.63, 3.8) is 0 Å². The highest BCUT2D eigenvalue weighted by atomic mass is 16.8. The summed E-state index contributed by atoms with van der Waals surface area (Å²) in [5, 5.41) is 21.0. The third-order valence-electron chi connectivity index (χ3n) is 10.0. The van der Waals surface area contributed by atoms with Crippen LogP contribution < -0.4 is 0 Å². The Labute approximate surface area is 173 Å². The average molecular weight is 405 g/mol. The molecule has 162 valence electrons. The van der Waals surface area contributed by atoms with Crippen LogP contribution >= 0.6 is 0 Å². The molecule has 1 saturated heterocycles. The van der Waals surface area contributed by atoms with Crippen LogP contribution in [-0.4, -0.2) is 39.6 Å². The second kappa shape index (κ2) is 5.86. The number of rotatable bonds is 0. The van der Waals surface area contributed by atoms with Crippen molar-refractivity contribution in [2.24, 2.45) is 34.5 Å².